The van der Waals surface area contributed by atoms with E-state index in [4.69, 9.17) is 58.0 Å². The Morgan fingerprint density at radius 1 is 0.289 bits per heavy atom. The second-order valence-electron chi connectivity index (χ2n) is 11.1. The van der Waals surface area contributed by atoms with Crippen LogP contribution in [0.1, 0.15) is 0 Å². The topological polar surface area (TPSA) is 0 Å². The maximum absolute atomic E-state index is 6.81. The Balaban J connectivity index is 1.56. The minimum atomic E-state index is 0.138. The highest BCUT2D eigenvalue weighted by Crippen LogP contribution is 2.51. The van der Waals surface area contributed by atoms with Gasteiger partial charge in [-0.05, 0) is 83.0 Å². The summed E-state index contributed by atoms with van der Waals surface area (Å²) in [7, 11) is 0. The van der Waals surface area contributed by atoms with Gasteiger partial charge in [0.1, 0.15) is 0 Å². The van der Waals surface area contributed by atoms with Gasteiger partial charge in [0.2, 0.25) is 0 Å². The molecule has 0 spiro atoms. The summed E-state index contributed by atoms with van der Waals surface area (Å²) in [5, 5.41) is 10.2. The Morgan fingerprint density at radius 2 is 0.800 bits per heavy atom. The van der Waals surface area contributed by atoms with E-state index in [1.54, 1.807) is 0 Å². The molecule has 0 unspecified atom stereocenters. The first-order valence-corrected chi connectivity index (χ1v) is 16.3. The van der Waals surface area contributed by atoms with E-state index in [9.17, 15) is 0 Å². The van der Waals surface area contributed by atoms with Crippen molar-refractivity contribution in [1.82, 2.24) is 0 Å². The van der Waals surface area contributed by atoms with E-state index in [2.05, 4.69) is 121 Å². The molecule has 0 saturated heterocycles. The molecule has 0 aliphatic carbocycles. The molecule has 5 heteroatoms. The SMILES string of the molecule is Clc1c(Cl)c(Cl)c(-c2ccc3c(-c4ccc5ccccc5c4)c4ccccc4c(-c4cccc5ccccc45)c3c2)c(Cl)c1Cl. The van der Waals surface area contributed by atoms with Gasteiger partial charge in [-0.25, -0.2) is 0 Å². The molecule has 0 amide bonds. The van der Waals surface area contributed by atoms with Crippen molar-refractivity contribution in [3.05, 3.63) is 153 Å². The third-order valence-corrected chi connectivity index (χ3v) is 10.9. The second kappa shape index (κ2) is 11.2. The van der Waals surface area contributed by atoms with Crippen LogP contribution in [0.25, 0.3) is 76.5 Å². The lowest BCUT2D eigenvalue weighted by Gasteiger charge is -2.20. The van der Waals surface area contributed by atoms with Crippen LogP contribution in [0, 0.1) is 0 Å². The molecule has 8 aromatic rings. The maximum atomic E-state index is 6.81. The van der Waals surface area contributed by atoms with Gasteiger partial charge < -0.3 is 0 Å². The molecule has 0 aliphatic heterocycles. The molecule has 0 nitrogen and oxygen atoms in total. The first kappa shape index (κ1) is 28.7. The Bertz CT molecular complexity index is 2460. The van der Waals surface area contributed by atoms with Crippen LogP contribution in [0.2, 0.25) is 25.1 Å². The van der Waals surface area contributed by atoms with Crippen molar-refractivity contribution in [1.29, 1.82) is 0 Å². The van der Waals surface area contributed by atoms with E-state index >= 15 is 0 Å². The highest BCUT2D eigenvalue weighted by molar-refractivity contribution is 6.56. The molecule has 0 bridgehead atoms. The van der Waals surface area contributed by atoms with Crippen molar-refractivity contribution in [2.45, 2.75) is 0 Å². The van der Waals surface area contributed by atoms with Gasteiger partial charge >= 0.3 is 0 Å². The number of hydrogen-bond acceptors (Lipinski definition) is 0. The Morgan fingerprint density at radius 3 is 1.53 bits per heavy atom. The highest BCUT2D eigenvalue weighted by Gasteiger charge is 2.23. The number of benzene rings is 8. The molecule has 45 heavy (non-hydrogen) atoms. The van der Waals surface area contributed by atoms with E-state index < -0.39 is 0 Å². The van der Waals surface area contributed by atoms with Crippen molar-refractivity contribution in [2.24, 2.45) is 0 Å². The summed E-state index contributed by atoms with van der Waals surface area (Å²) >= 11 is 33.1. The Hall–Kier alpha value is -3.75. The summed E-state index contributed by atoms with van der Waals surface area (Å²) in [5.74, 6) is 0. The molecule has 0 aliphatic rings. The van der Waals surface area contributed by atoms with Crippen LogP contribution < -0.4 is 0 Å². The van der Waals surface area contributed by atoms with Crippen LogP contribution in [-0.4, -0.2) is 0 Å². The molecule has 0 N–H and O–H groups in total. The summed E-state index contributed by atoms with van der Waals surface area (Å²) in [4.78, 5) is 0. The van der Waals surface area contributed by atoms with Crippen LogP contribution in [0.5, 0.6) is 0 Å². The monoisotopic (exact) mass is 676 g/mol. The molecule has 0 atom stereocenters. The van der Waals surface area contributed by atoms with E-state index in [1.807, 2.05) is 6.07 Å². The molecule has 0 heterocycles. The van der Waals surface area contributed by atoms with E-state index in [0.717, 1.165) is 44.0 Å². The Kier molecular flexibility index (Phi) is 7.17. The summed E-state index contributed by atoms with van der Waals surface area (Å²) in [6, 6.07) is 45.0. The van der Waals surface area contributed by atoms with Gasteiger partial charge in [-0.3, -0.25) is 0 Å². The van der Waals surface area contributed by atoms with Crippen molar-refractivity contribution in [3.63, 3.8) is 0 Å². The van der Waals surface area contributed by atoms with Crippen LogP contribution in [-0.2, 0) is 0 Å². The molecule has 0 aromatic heterocycles. The smallest absolute Gasteiger partial charge is 0.0809 e. The summed E-state index contributed by atoms with van der Waals surface area (Å²) in [6.07, 6.45) is 0. The Labute approximate surface area is 285 Å². The summed E-state index contributed by atoms with van der Waals surface area (Å²) in [5.41, 5.74) is 5.90. The van der Waals surface area contributed by atoms with Gasteiger partial charge in [-0.15, -0.1) is 0 Å². The first-order valence-electron chi connectivity index (χ1n) is 14.4. The fraction of sp³-hybridized carbons (Fsp3) is 0. The fourth-order valence-corrected chi connectivity index (χ4v) is 7.94. The largest absolute Gasteiger partial charge is 0.0819 e. The molecule has 8 rings (SSSR count). The average molecular weight is 679 g/mol. The predicted octanol–water partition coefficient (Wildman–Crippen LogP) is 14.6. The number of fused-ring (bicyclic) bond motifs is 4. The van der Waals surface area contributed by atoms with Crippen molar-refractivity contribution < 1.29 is 0 Å². The van der Waals surface area contributed by atoms with Gasteiger partial charge in [0.15, 0.2) is 0 Å². The molecular weight excluding hydrogens is 658 g/mol. The van der Waals surface area contributed by atoms with Gasteiger partial charge in [0, 0.05) is 5.56 Å². The maximum Gasteiger partial charge on any atom is 0.0809 e. The van der Waals surface area contributed by atoms with Gasteiger partial charge in [0.05, 0.1) is 25.1 Å². The number of rotatable bonds is 3. The first-order chi connectivity index (χ1) is 21.9. The lowest BCUT2D eigenvalue weighted by Crippen LogP contribution is -1.93. The van der Waals surface area contributed by atoms with Crippen LogP contribution >= 0.6 is 58.0 Å². The fourth-order valence-electron chi connectivity index (χ4n) is 6.58. The van der Waals surface area contributed by atoms with Crippen molar-refractivity contribution in [2.75, 3.05) is 0 Å². The van der Waals surface area contributed by atoms with Crippen molar-refractivity contribution >= 4 is 101 Å². The third-order valence-electron chi connectivity index (χ3n) is 8.62. The third kappa shape index (κ3) is 4.59. The zero-order chi connectivity index (χ0) is 30.8. The number of halogens is 5. The molecule has 216 valence electrons. The standard InChI is InChI=1S/C40H21Cl5/c41-36-34(37(42)39(44)40(45)38(36)43)26-18-19-31-32(21-26)35(28-15-7-11-23-9-3-4-12-27(23)28)30-14-6-5-13-29(30)33(31)25-17-16-22-8-1-2-10-24(22)20-25/h1-21H. The van der Waals surface area contributed by atoms with E-state index in [-0.39, 0.29) is 25.1 Å². The quantitative estimate of drug-likeness (QED) is 0.0991. The average Bonchev–Trinajstić information content (AvgIpc) is 3.08. The normalized spacial score (nSPS) is 11.7. The van der Waals surface area contributed by atoms with Crippen LogP contribution in [0.15, 0.2) is 127 Å². The van der Waals surface area contributed by atoms with E-state index in [1.165, 1.54) is 26.9 Å². The zero-order valence-electron chi connectivity index (χ0n) is 23.5. The van der Waals surface area contributed by atoms with Gasteiger partial charge in [0.25, 0.3) is 0 Å². The minimum absolute atomic E-state index is 0.138. The van der Waals surface area contributed by atoms with Crippen molar-refractivity contribution in [3.8, 4) is 33.4 Å². The minimum Gasteiger partial charge on any atom is -0.0819 e. The van der Waals surface area contributed by atoms with Crippen LogP contribution in [0.3, 0.4) is 0 Å². The van der Waals surface area contributed by atoms with E-state index in [0.29, 0.717) is 5.56 Å². The zero-order valence-corrected chi connectivity index (χ0v) is 27.3. The number of hydrogen-bond donors (Lipinski definition) is 0. The summed E-state index contributed by atoms with van der Waals surface area (Å²) < 4.78 is 0. The second-order valence-corrected chi connectivity index (χ2v) is 13.0. The molecular formula is C40H21Cl5. The van der Waals surface area contributed by atoms with Gasteiger partial charge in [-0.1, -0.05) is 173 Å². The molecule has 0 saturated carbocycles. The highest BCUT2D eigenvalue weighted by atomic mass is 35.5. The van der Waals surface area contributed by atoms with Crippen LogP contribution in [0.4, 0.5) is 0 Å². The molecule has 8 aromatic carbocycles. The summed E-state index contributed by atoms with van der Waals surface area (Å²) in [6.45, 7) is 0. The molecule has 0 radical (unpaired) electrons. The lowest BCUT2D eigenvalue weighted by molar-refractivity contribution is 1.63. The molecule has 0 fully saturated rings. The lowest BCUT2D eigenvalue weighted by atomic mass is 9.83. The predicted molar refractivity (Wildman–Crippen MR) is 198 cm³/mol. The van der Waals surface area contributed by atoms with Gasteiger partial charge in [-0.2, -0.15) is 0 Å².